The average molecular weight is 279 g/mol. The van der Waals surface area contributed by atoms with Crippen molar-refractivity contribution >= 4 is 10.8 Å². The number of aryl methyl sites for hydroxylation is 2. The predicted molar refractivity (Wildman–Crippen MR) is 82.0 cm³/mol. The molecule has 1 aliphatic rings. The highest BCUT2D eigenvalue weighted by molar-refractivity contribution is 7.85. The van der Waals surface area contributed by atoms with E-state index in [1.165, 1.54) is 36.8 Å². The van der Waals surface area contributed by atoms with Crippen LogP contribution in [0.2, 0.25) is 0 Å². The van der Waals surface area contributed by atoms with Crippen molar-refractivity contribution in [2.45, 2.75) is 50.5 Å². The van der Waals surface area contributed by atoms with Crippen LogP contribution in [-0.4, -0.2) is 23.1 Å². The number of hydrogen-bond donors (Lipinski definition) is 1. The van der Waals surface area contributed by atoms with Gasteiger partial charge in [0.25, 0.3) is 0 Å². The Hall–Kier alpha value is -0.670. The van der Waals surface area contributed by atoms with Gasteiger partial charge in [-0.05, 0) is 62.9 Å². The first-order valence-corrected chi connectivity index (χ1v) is 8.56. The van der Waals surface area contributed by atoms with Gasteiger partial charge in [0.15, 0.2) is 0 Å². The summed E-state index contributed by atoms with van der Waals surface area (Å²) in [4.78, 5) is 0.973. The molecule has 1 N–H and O–H groups in total. The van der Waals surface area contributed by atoms with E-state index in [9.17, 15) is 4.21 Å². The molecule has 1 aromatic rings. The Bertz CT molecular complexity index is 452. The minimum absolute atomic E-state index is 0.393. The Morgan fingerprint density at radius 2 is 1.95 bits per heavy atom. The zero-order chi connectivity index (χ0) is 13.8. The van der Waals surface area contributed by atoms with E-state index in [1.54, 1.807) is 0 Å². The van der Waals surface area contributed by atoms with Gasteiger partial charge in [-0.1, -0.05) is 18.9 Å². The number of rotatable bonds is 5. The lowest BCUT2D eigenvalue weighted by molar-refractivity contribution is 0.408. The molecule has 2 nitrogen and oxygen atoms in total. The lowest BCUT2D eigenvalue weighted by atomic mass is 10.0. The van der Waals surface area contributed by atoms with Gasteiger partial charge in [-0.15, -0.1) is 0 Å². The van der Waals surface area contributed by atoms with Gasteiger partial charge in [-0.2, -0.15) is 0 Å². The molecular weight excluding hydrogens is 254 g/mol. The van der Waals surface area contributed by atoms with Gasteiger partial charge >= 0.3 is 0 Å². The van der Waals surface area contributed by atoms with Crippen LogP contribution >= 0.6 is 0 Å². The molecule has 19 heavy (non-hydrogen) atoms. The zero-order valence-electron chi connectivity index (χ0n) is 12.2. The van der Waals surface area contributed by atoms with E-state index in [0.717, 1.165) is 10.6 Å². The fourth-order valence-corrected chi connectivity index (χ4v) is 4.42. The molecule has 2 atom stereocenters. The Morgan fingerprint density at radius 1 is 1.26 bits per heavy atom. The van der Waals surface area contributed by atoms with E-state index in [1.807, 2.05) is 13.1 Å². The van der Waals surface area contributed by atoms with E-state index in [-0.39, 0.29) is 0 Å². The van der Waals surface area contributed by atoms with Crippen molar-refractivity contribution in [1.82, 2.24) is 5.32 Å². The summed E-state index contributed by atoms with van der Waals surface area (Å²) in [6.45, 7) is 4.18. The van der Waals surface area contributed by atoms with Crippen molar-refractivity contribution in [3.63, 3.8) is 0 Å². The van der Waals surface area contributed by atoms with Crippen LogP contribution < -0.4 is 5.32 Å². The molecule has 0 aliphatic heterocycles. The van der Waals surface area contributed by atoms with Crippen molar-refractivity contribution in [3.05, 3.63) is 29.3 Å². The SMILES string of the molecule is CNC(CS(=O)c1ccc(C)c(C)c1)C1CCCC1. The third-order valence-electron chi connectivity index (χ3n) is 4.41. The summed E-state index contributed by atoms with van der Waals surface area (Å²) in [6.07, 6.45) is 5.24. The fraction of sp³-hybridized carbons (Fsp3) is 0.625. The number of hydrogen-bond acceptors (Lipinski definition) is 2. The third-order valence-corrected chi connectivity index (χ3v) is 5.85. The summed E-state index contributed by atoms with van der Waals surface area (Å²) in [6, 6.07) is 6.56. The largest absolute Gasteiger partial charge is 0.316 e. The maximum absolute atomic E-state index is 12.5. The molecule has 0 heterocycles. The van der Waals surface area contributed by atoms with Crippen LogP contribution in [0.1, 0.15) is 36.8 Å². The highest BCUT2D eigenvalue weighted by Gasteiger charge is 2.25. The Kier molecular flexibility index (Phi) is 5.17. The maximum atomic E-state index is 12.5. The highest BCUT2D eigenvalue weighted by atomic mass is 32.2. The van der Waals surface area contributed by atoms with Gasteiger partial charge in [0.05, 0.1) is 10.8 Å². The average Bonchev–Trinajstić information content (AvgIpc) is 2.92. The molecule has 106 valence electrons. The molecule has 1 aromatic carbocycles. The van der Waals surface area contributed by atoms with Crippen LogP contribution in [0, 0.1) is 19.8 Å². The monoisotopic (exact) mass is 279 g/mol. The Morgan fingerprint density at radius 3 is 2.53 bits per heavy atom. The Labute approximate surface area is 119 Å². The molecule has 0 saturated heterocycles. The van der Waals surface area contributed by atoms with Crippen LogP contribution in [0.3, 0.4) is 0 Å². The summed E-state index contributed by atoms with van der Waals surface area (Å²) in [5.74, 6) is 1.45. The van der Waals surface area contributed by atoms with Crippen LogP contribution in [-0.2, 0) is 10.8 Å². The van der Waals surface area contributed by atoms with E-state index in [4.69, 9.17) is 0 Å². The minimum Gasteiger partial charge on any atom is -0.316 e. The van der Waals surface area contributed by atoms with Gasteiger partial charge in [0.2, 0.25) is 0 Å². The van der Waals surface area contributed by atoms with Gasteiger partial charge < -0.3 is 5.32 Å². The third kappa shape index (κ3) is 3.67. The fourth-order valence-electron chi connectivity index (χ4n) is 2.93. The predicted octanol–water partition coefficient (Wildman–Crippen LogP) is 3.19. The highest BCUT2D eigenvalue weighted by Crippen LogP contribution is 2.28. The van der Waals surface area contributed by atoms with Gasteiger partial charge in [0, 0.05) is 16.7 Å². The topological polar surface area (TPSA) is 29.1 Å². The van der Waals surface area contributed by atoms with E-state index in [0.29, 0.717) is 12.0 Å². The first kappa shape index (κ1) is 14.7. The standard InChI is InChI=1S/C16H25NOS/c1-12-8-9-15(10-13(12)2)19(18)11-16(17-3)14-6-4-5-7-14/h8-10,14,16-17H,4-7,11H2,1-3H3. The summed E-state index contributed by atoms with van der Waals surface area (Å²) < 4.78 is 12.5. The second-order valence-corrected chi connectivity index (χ2v) is 7.19. The smallest absolute Gasteiger partial charge is 0.0545 e. The second kappa shape index (κ2) is 6.67. The summed E-state index contributed by atoms with van der Waals surface area (Å²) in [5, 5.41) is 3.38. The molecule has 0 amide bonds. The summed E-state index contributed by atoms with van der Waals surface area (Å²) in [5.41, 5.74) is 2.49. The molecule has 1 aliphatic carbocycles. The maximum Gasteiger partial charge on any atom is 0.0545 e. The lowest BCUT2D eigenvalue weighted by Gasteiger charge is -2.22. The first-order chi connectivity index (χ1) is 9.11. The second-order valence-electron chi connectivity index (χ2n) is 5.70. The molecule has 2 unspecified atom stereocenters. The van der Waals surface area contributed by atoms with Gasteiger partial charge in [-0.25, -0.2) is 0 Å². The minimum atomic E-state index is -0.890. The van der Waals surface area contributed by atoms with Crippen LogP contribution in [0.25, 0.3) is 0 Å². The molecule has 0 aromatic heterocycles. The number of benzene rings is 1. The first-order valence-electron chi connectivity index (χ1n) is 7.24. The number of nitrogens with one attached hydrogen (secondary N) is 1. The van der Waals surface area contributed by atoms with Crippen LogP contribution in [0.4, 0.5) is 0 Å². The summed E-state index contributed by atoms with van der Waals surface area (Å²) >= 11 is 0. The summed E-state index contributed by atoms with van der Waals surface area (Å²) in [7, 11) is 1.11. The zero-order valence-corrected chi connectivity index (χ0v) is 13.1. The van der Waals surface area contributed by atoms with Gasteiger partial charge in [-0.3, -0.25) is 4.21 Å². The molecule has 3 heteroatoms. The molecule has 1 saturated carbocycles. The molecule has 0 radical (unpaired) electrons. The van der Waals surface area contributed by atoms with Crippen molar-refractivity contribution < 1.29 is 4.21 Å². The Balaban J connectivity index is 2.04. The van der Waals surface area contributed by atoms with E-state index < -0.39 is 10.8 Å². The van der Waals surface area contributed by atoms with Crippen molar-refractivity contribution in [2.75, 3.05) is 12.8 Å². The molecule has 2 rings (SSSR count). The molecule has 0 bridgehead atoms. The quantitative estimate of drug-likeness (QED) is 0.897. The van der Waals surface area contributed by atoms with Gasteiger partial charge in [0.1, 0.15) is 0 Å². The van der Waals surface area contributed by atoms with Crippen molar-refractivity contribution in [1.29, 1.82) is 0 Å². The van der Waals surface area contributed by atoms with Crippen molar-refractivity contribution in [3.8, 4) is 0 Å². The van der Waals surface area contributed by atoms with Crippen LogP contribution in [0.15, 0.2) is 23.1 Å². The molecule has 1 fully saturated rings. The lowest BCUT2D eigenvalue weighted by Crippen LogP contribution is -2.37. The van der Waals surface area contributed by atoms with Crippen LogP contribution in [0.5, 0.6) is 0 Å². The normalized spacial score (nSPS) is 19.5. The molecule has 0 spiro atoms. The molecular formula is C16H25NOS. The van der Waals surface area contributed by atoms with Crippen molar-refractivity contribution in [2.24, 2.45) is 5.92 Å². The van der Waals surface area contributed by atoms with E-state index >= 15 is 0 Å². The van der Waals surface area contributed by atoms with E-state index in [2.05, 4.69) is 31.3 Å².